The molecule has 0 saturated heterocycles. The lowest BCUT2D eigenvalue weighted by Crippen LogP contribution is -2.50. The third kappa shape index (κ3) is 2.37. The van der Waals surface area contributed by atoms with Crippen LogP contribution in [0.2, 0.25) is 0 Å². The van der Waals surface area contributed by atoms with Gasteiger partial charge in [0, 0.05) is 24.7 Å². The first-order chi connectivity index (χ1) is 6.63. The van der Waals surface area contributed by atoms with Crippen LogP contribution in [0, 0.1) is 5.92 Å². The summed E-state index contributed by atoms with van der Waals surface area (Å²) < 4.78 is 0. The molecular weight excluding hydrogens is 172 g/mol. The van der Waals surface area contributed by atoms with Crippen molar-refractivity contribution in [1.29, 1.82) is 0 Å². The van der Waals surface area contributed by atoms with E-state index in [2.05, 4.69) is 18.4 Å². The van der Waals surface area contributed by atoms with Gasteiger partial charge in [-0.25, -0.2) is 0 Å². The maximum atomic E-state index is 6.34. The molecule has 2 fully saturated rings. The van der Waals surface area contributed by atoms with Gasteiger partial charge in [0.05, 0.1) is 0 Å². The second-order valence-electron chi connectivity index (χ2n) is 5.23. The zero-order valence-corrected chi connectivity index (χ0v) is 9.21. The summed E-state index contributed by atoms with van der Waals surface area (Å²) in [5, 5.41) is 0. The average Bonchev–Trinajstić information content (AvgIpc) is 2.96. The third-order valence-electron chi connectivity index (χ3n) is 3.48. The highest BCUT2D eigenvalue weighted by Crippen LogP contribution is 2.39. The van der Waals surface area contributed by atoms with Gasteiger partial charge in [0.1, 0.15) is 0 Å². The number of nitrogens with zero attached hydrogens (tertiary/aromatic N) is 1. The first kappa shape index (κ1) is 10.2. The van der Waals surface area contributed by atoms with Crippen LogP contribution in [0.25, 0.3) is 0 Å². The molecule has 0 radical (unpaired) electrons. The Morgan fingerprint density at radius 2 is 2.07 bits per heavy atom. The van der Waals surface area contributed by atoms with Crippen molar-refractivity contribution in [3.63, 3.8) is 0 Å². The smallest absolute Gasteiger partial charge is 0.0283 e. The minimum absolute atomic E-state index is 0.0333. The molecule has 0 spiro atoms. The summed E-state index contributed by atoms with van der Waals surface area (Å²) in [5.41, 5.74) is 6.38. The number of nitrogens with two attached hydrogens (primary N) is 1. The molecule has 2 saturated carbocycles. The van der Waals surface area contributed by atoms with Crippen molar-refractivity contribution in [3.05, 3.63) is 12.7 Å². The van der Waals surface area contributed by atoms with Crippen molar-refractivity contribution in [2.45, 2.75) is 44.2 Å². The van der Waals surface area contributed by atoms with Gasteiger partial charge in [0.2, 0.25) is 0 Å². The van der Waals surface area contributed by atoms with Crippen molar-refractivity contribution in [2.75, 3.05) is 13.1 Å². The van der Waals surface area contributed by atoms with Crippen molar-refractivity contribution in [1.82, 2.24) is 4.90 Å². The highest BCUT2D eigenvalue weighted by atomic mass is 15.2. The van der Waals surface area contributed by atoms with E-state index in [0.717, 1.165) is 25.0 Å². The summed E-state index contributed by atoms with van der Waals surface area (Å²) >= 11 is 0. The van der Waals surface area contributed by atoms with E-state index in [-0.39, 0.29) is 5.54 Å². The van der Waals surface area contributed by atoms with Crippen LogP contribution in [-0.4, -0.2) is 29.6 Å². The molecule has 0 amide bonds. The predicted octanol–water partition coefficient (Wildman–Crippen LogP) is 1.76. The van der Waals surface area contributed by atoms with Crippen LogP contribution in [0.3, 0.4) is 0 Å². The van der Waals surface area contributed by atoms with Crippen LogP contribution in [0.4, 0.5) is 0 Å². The molecule has 0 aromatic heterocycles. The number of rotatable bonds is 6. The van der Waals surface area contributed by atoms with Crippen LogP contribution >= 0.6 is 0 Å². The third-order valence-corrected chi connectivity index (χ3v) is 3.48. The van der Waals surface area contributed by atoms with E-state index in [1.54, 1.807) is 0 Å². The zero-order chi connectivity index (χ0) is 10.2. The van der Waals surface area contributed by atoms with Crippen molar-refractivity contribution >= 4 is 0 Å². The van der Waals surface area contributed by atoms with E-state index in [1.807, 2.05) is 6.08 Å². The van der Waals surface area contributed by atoms with E-state index >= 15 is 0 Å². The molecule has 14 heavy (non-hydrogen) atoms. The van der Waals surface area contributed by atoms with Crippen LogP contribution in [0.15, 0.2) is 12.7 Å². The molecule has 2 aliphatic carbocycles. The fourth-order valence-corrected chi connectivity index (χ4v) is 2.26. The molecule has 0 aromatic carbocycles. The van der Waals surface area contributed by atoms with Crippen molar-refractivity contribution < 1.29 is 0 Å². The standard InChI is InChI=1S/C12H22N2/c1-3-8-14(11-6-7-11)9-12(2,13)10-4-5-10/h3,10-11H,1,4-9,13H2,2H3. The normalized spacial score (nSPS) is 26.2. The molecule has 1 unspecified atom stereocenters. The Bertz CT molecular complexity index is 214. The molecule has 2 aliphatic rings. The Kier molecular flexibility index (Phi) is 2.67. The second kappa shape index (κ2) is 3.67. The van der Waals surface area contributed by atoms with Crippen molar-refractivity contribution in [2.24, 2.45) is 11.7 Å². The lowest BCUT2D eigenvalue weighted by molar-refractivity contribution is 0.211. The molecule has 1 atom stereocenters. The van der Waals surface area contributed by atoms with E-state index in [9.17, 15) is 0 Å². The quantitative estimate of drug-likeness (QED) is 0.653. The minimum Gasteiger partial charge on any atom is -0.324 e. The highest BCUT2D eigenvalue weighted by molar-refractivity contribution is 5.00. The van der Waals surface area contributed by atoms with Gasteiger partial charge < -0.3 is 5.73 Å². The van der Waals surface area contributed by atoms with Crippen LogP contribution in [0.5, 0.6) is 0 Å². The van der Waals surface area contributed by atoms with E-state index in [0.29, 0.717) is 0 Å². The van der Waals surface area contributed by atoms with E-state index in [4.69, 9.17) is 5.73 Å². The van der Waals surface area contributed by atoms with E-state index < -0.39 is 0 Å². The molecule has 80 valence electrons. The molecular formula is C12H22N2. The lowest BCUT2D eigenvalue weighted by atomic mass is 9.96. The van der Waals surface area contributed by atoms with Crippen LogP contribution < -0.4 is 5.73 Å². The fourth-order valence-electron chi connectivity index (χ4n) is 2.26. The maximum Gasteiger partial charge on any atom is 0.0283 e. The molecule has 0 heterocycles. The first-order valence-corrected chi connectivity index (χ1v) is 5.77. The van der Waals surface area contributed by atoms with Gasteiger partial charge in [-0.15, -0.1) is 6.58 Å². The van der Waals surface area contributed by atoms with E-state index in [1.165, 1.54) is 25.7 Å². The maximum absolute atomic E-state index is 6.34. The average molecular weight is 194 g/mol. The monoisotopic (exact) mass is 194 g/mol. The summed E-state index contributed by atoms with van der Waals surface area (Å²) in [4.78, 5) is 2.51. The number of hydrogen-bond acceptors (Lipinski definition) is 2. The largest absolute Gasteiger partial charge is 0.324 e. The Balaban J connectivity index is 1.87. The molecule has 2 N–H and O–H groups in total. The lowest BCUT2D eigenvalue weighted by Gasteiger charge is -2.32. The van der Waals surface area contributed by atoms with Gasteiger partial charge in [0.25, 0.3) is 0 Å². The van der Waals surface area contributed by atoms with Gasteiger partial charge in [-0.05, 0) is 38.5 Å². The summed E-state index contributed by atoms with van der Waals surface area (Å²) in [6, 6.07) is 0.801. The first-order valence-electron chi connectivity index (χ1n) is 5.77. The van der Waals surface area contributed by atoms with Gasteiger partial charge in [-0.3, -0.25) is 4.90 Å². The number of hydrogen-bond donors (Lipinski definition) is 1. The Hall–Kier alpha value is -0.340. The molecule has 2 rings (SSSR count). The van der Waals surface area contributed by atoms with Gasteiger partial charge in [0.15, 0.2) is 0 Å². The topological polar surface area (TPSA) is 29.3 Å². The minimum atomic E-state index is 0.0333. The SMILES string of the molecule is C=CCN(CC(C)(N)C1CC1)C1CC1. The van der Waals surface area contributed by atoms with Gasteiger partial charge in [-0.1, -0.05) is 6.08 Å². The molecule has 0 bridgehead atoms. The summed E-state index contributed by atoms with van der Waals surface area (Å²) in [6.07, 6.45) is 7.38. The second-order valence-corrected chi connectivity index (χ2v) is 5.23. The van der Waals surface area contributed by atoms with Gasteiger partial charge in [-0.2, -0.15) is 0 Å². The molecule has 2 nitrogen and oxygen atoms in total. The highest BCUT2D eigenvalue weighted by Gasteiger charge is 2.41. The van der Waals surface area contributed by atoms with Crippen molar-refractivity contribution in [3.8, 4) is 0 Å². The summed E-state index contributed by atoms with van der Waals surface area (Å²) in [7, 11) is 0. The van der Waals surface area contributed by atoms with Crippen LogP contribution in [-0.2, 0) is 0 Å². The molecule has 2 heteroatoms. The molecule has 0 aromatic rings. The molecule has 0 aliphatic heterocycles. The zero-order valence-electron chi connectivity index (χ0n) is 9.21. The van der Waals surface area contributed by atoms with Crippen LogP contribution in [0.1, 0.15) is 32.6 Å². The fraction of sp³-hybridized carbons (Fsp3) is 0.833. The van der Waals surface area contributed by atoms with Gasteiger partial charge >= 0.3 is 0 Å². The Morgan fingerprint density at radius 1 is 1.43 bits per heavy atom. The Labute approximate surface area is 87.2 Å². The summed E-state index contributed by atoms with van der Waals surface area (Å²) in [6.45, 7) is 8.08. The Morgan fingerprint density at radius 3 is 2.50 bits per heavy atom. The predicted molar refractivity (Wildman–Crippen MR) is 60.1 cm³/mol. The summed E-state index contributed by atoms with van der Waals surface area (Å²) in [5.74, 6) is 0.772.